The molecule has 0 bridgehead atoms. The lowest BCUT2D eigenvalue weighted by molar-refractivity contribution is -0.119. The van der Waals surface area contributed by atoms with Crippen LogP contribution < -0.4 is 10.2 Å². The topological polar surface area (TPSA) is 58.6 Å². The molecule has 0 radical (unpaired) electrons. The van der Waals surface area contributed by atoms with Crippen LogP contribution in [-0.2, 0) is 9.53 Å². The molecule has 2 aromatic rings. The first-order valence-corrected chi connectivity index (χ1v) is 9.72. The van der Waals surface area contributed by atoms with Crippen LogP contribution in [0, 0.1) is 6.92 Å². The van der Waals surface area contributed by atoms with E-state index in [0.29, 0.717) is 4.88 Å². The van der Waals surface area contributed by atoms with Gasteiger partial charge >= 0.3 is 5.97 Å². The summed E-state index contributed by atoms with van der Waals surface area (Å²) in [6.45, 7) is 3.83. The van der Waals surface area contributed by atoms with E-state index in [0.717, 1.165) is 28.1 Å². The van der Waals surface area contributed by atoms with E-state index in [1.54, 1.807) is 12.1 Å². The summed E-state index contributed by atoms with van der Waals surface area (Å²) in [7, 11) is 0. The van der Waals surface area contributed by atoms with Crippen molar-refractivity contribution in [2.75, 3.05) is 29.9 Å². The summed E-state index contributed by atoms with van der Waals surface area (Å²) >= 11 is 4.56. The molecule has 2 heterocycles. The van der Waals surface area contributed by atoms with Crippen LogP contribution in [0.25, 0.3) is 0 Å². The first kappa shape index (κ1) is 17.9. The van der Waals surface area contributed by atoms with Crippen LogP contribution in [0.2, 0.25) is 0 Å². The van der Waals surface area contributed by atoms with Gasteiger partial charge in [0.25, 0.3) is 5.91 Å². The van der Waals surface area contributed by atoms with Gasteiger partial charge in [0.2, 0.25) is 0 Å². The zero-order valence-corrected chi connectivity index (χ0v) is 16.3. The van der Waals surface area contributed by atoms with Gasteiger partial charge in [-0.25, -0.2) is 4.79 Å². The molecule has 1 aliphatic rings. The number of benzene rings is 1. The zero-order chi connectivity index (χ0) is 17.8. The molecule has 1 aromatic heterocycles. The van der Waals surface area contributed by atoms with Crippen LogP contribution in [0.3, 0.4) is 0 Å². The smallest absolute Gasteiger partial charge is 0.348 e. The van der Waals surface area contributed by atoms with Crippen molar-refractivity contribution < 1.29 is 14.3 Å². The molecule has 1 aromatic carbocycles. The first-order chi connectivity index (χ1) is 12.0. The molecule has 7 heteroatoms. The van der Waals surface area contributed by atoms with Crippen LogP contribution in [-0.4, -0.2) is 31.6 Å². The van der Waals surface area contributed by atoms with Crippen LogP contribution in [0.15, 0.2) is 34.1 Å². The average molecular weight is 423 g/mol. The fourth-order valence-corrected chi connectivity index (χ4v) is 4.05. The third kappa shape index (κ3) is 4.61. The minimum atomic E-state index is -0.494. The number of thiophene rings is 1. The maximum atomic E-state index is 12.0. The monoisotopic (exact) mass is 422 g/mol. The van der Waals surface area contributed by atoms with E-state index in [9.17, 15) is 9.59 Å². The van der Waals surface area contributed by atoms with E-state index in [4.69, 9.17) is 4.74 Å². The summed E-state index contributed by atoms with van der Waals surface area (Å²) in [4.78, 5) is 26.7. The van der Waals surface area contributed by atoms with Crippen LogP contribution >= 0.6 is 27.3 Å². The number of nitrogens with zero attached hydrogens (tertiary/aromatic N) is 1. The Balaban J connectivity index is 1.54. The van der Waals surface area contributed by atoms with Crippen molar-refractivity contribution in [3.63, 3.8) is 0 Å². The number of ether oxygens (including phenoxy) is 1. The number of rotatable bonds is 5. The number of carbonyl (C=O) groups excluding carboxylic acids is 2. The molecule has 1 saturated heterocycles. The van der Waals surface area contributed by atoms with E-state index in [1.165, 1.54) is 29.9 Å². The van der Waals surface area contributed by atoms with Gasteiger partial charge < -0.3 is 15.0 Å². The van der Waals surface area contributed by atoms with Gasteiger partial charge in [-0.2, -0.15) is 0 Å². The van der Waals surface area contributed by atoms with Crippen LogP contribution in [0.1, 0.15) is 28.1 Å². The van der Waals surface area contributed by atoms with Crippen molar-refractivity contribution in [1.82, 2.24) is 0 Å². The Hall–Kier alpha value is -1.86. The van der Waals surface area contributed by atoms with Crippen molar-refractivity contribution in [1.29, 1.82) is 0 Å². The Morgan fingerprint density at radius 3 is 2.64 bits per heavy atom. The van der Waals surface area contributed by atoms with E-state index in [-0.39, 0.29) is 12.5 Å². The normalized spacial score (nSPS) is 13.8. The summed E-state index contributed by atoms with van der Waals surface area (Å²) in [6, 6.07) is 9.43. The van der Waals surface area contributed by atoms with Gasteiger partial charge in [-0.3, -0.25) is 4.79 Å². The van der Waals surface area contributed by atoms with E-state index in [2.05, 4.69) is 32.2 Å². The van der Waals surface area contributed by atoms with Crippen molar-refractivity contribution in [3.8, 4) is 0 Å². The number of aryl methyl sites for hydroxylation is 1. The first-order valence-electron chi connectivity index (χ1n) is 8.11. The molecular formula is C18H19BrN2O3S. The van der Waals surface area contributed by atoms with Gasteiger partial charge in [0.15, 0.2) is 6.61 Å². The lowest BCUT2D eigenvalue weighted by Crippen LogP contribution is -2.21. The number of halogens is 1. The summed E-state index contributed by atoms with van der Waals surface area (Å²) < 4.78 is 5.90. The van der Waals surface area contributed by atoms with Crippen molar-refractivity contribution >= 4 is 50.5 Å². The molecule has 1 N–H and O–H groups in total. The minimum absolute atomic E-state index is 0.304. The van der Waals surface area contributed by atoms with Crippen LogP contribution in [0.4, 0.5) is 11.4 Å². The summed E-state index contributed by atoms with van der Waals surface area (Å²) in [5.41, 5.74) is 2.91. The predicted octanol–water partition coefficient (Wildman–Crippen LogP) is 4.21. The Morgan fingerprint density at radius 2 is 2.00 bits per heavy atom. The summed E-state index contributed by atoms with van der Waals surface area (Å²) in [6.07, 6.45) is 2.45. The number of anilines is 2. The quantitative estimate of drug-likeness (QED) is 0.732. The SMILES string of the molecule is Cc1cc(N2CCCC2)ccc1NC(=O)COC(=O)c1ccc(Br)s1. The number of hydrogen-bond donors (Lipinski definition) is 1. The number of carbonyl (C=O) groups is 2. The third-order valence-electron chi connectivity index (χ3n) is 4.06. The summed E-state index contributed by atoms with van der Waals surface area (Å²) in [5.74, 6) is -0.840. The molecular weight excluding hydrogens is 404 g/mol. The second-order valence-corrected chi connectivity index (χ2v) is 8.38. The highest BCUT2D eigenvalue weighted by molar-refractivity contribution is 9.11. The largest absolute Gasteiger partial charge is 0.451 e. The zero-order valence-electron chi connectivity index (χ0n) is 13.9. The highest BCUT2D eigenvalue weighted by atomic mass is 79.9. The Kier molecular flexibility index (Phi) is 5.75. The number of esters is 1. The Labute approximate surface area is 159 Å². The molecule has 1 amide bonds. The second kappa shape index (κ2) is 8.01. The predicted molar refractivity (Wildman–Crippen MR) is 104 cm³/mol. The lowest BCUT2D eigenvalue weighted by atomic mass is 10.1. The number of hydrogen-bond acceptors (Lipinski definition) is 5. The molecule has 0 unspecified atom stereocenters. The molecule has 25 heavy (non-hydrogen) atoms. The van der Waals surface area contributed by atoms with Gasteiger partial charge in [0.1, 0.15) is 4.88 Å². The molecule has 132 valence electrons. The van der Waals surface area contributed by atoms with E-state index >= 15 is 0 Å². The molecule has 5 nitrogen and oxygen atoms in total. The van der Waals surface area contributed by atoms with Crippen molar-refractivity contribution in [2.45, 2.75) is 19.8 Å². The maximum absolute atomic E-state index is 12.0. The lowest BCUT2D eigenvalue weighted by Gasteiger charge is -2.19. The number of amides is 1. The Morgan fingerprint density at radius 1 is 1.24 bits per heavy atom. The second-order valence-electron chi connectivity index (χ2n) is 5.92. The number of nitrogens with one attached hydrogen (secondary N) is 1. The molecule has 0 saturated carbocycles. The molecule has 0 atom stereocenters. The van der Waals surface area contributed by atoms with Gasteiger partial charge in [0.05, 0.1) is 3.79 Å². The molecule has 3 rings (SSSR count). The van der Waals surface area contributed by atoms with Gasteiger partial charge in [-0.1, -0.05) is 0 Å². The highest BCUT2D eigenvalue weighted by Crippen LogP contribution is 2.26. The van der Waals surface area contributed by atoms with Crippen LogP contribution in [0.5, 0.6) is 0 Å². The van der Waals surface area contributed by atoms with E-state index < -0.39 is 5.97 Å². The average Bonchev–Trinajstić information content (AvgIpc) is 3.26. The fourth-order valence-electron chi connectivity index (χ4n) is 2.77. The molecule has 0 spiro atoms. The maximum Gasteiger partial charge on any atom is 0.348 e. The van der Waals surface area contributed by atoms with Gasteiger partial charge in [-0.15, -0.1) is 11.3 Å². The van der Waals surface area contributed by atoms with Gasteiger partial charge in [0, 0.05) is 24.5 Å². The van der Waals surface area contributed by atoms with Gasteiger partial charge in [-0.05, 0) is 71.6 Å². The standard InChI is InChI=1S/C18H19BrN2O3S/c1-12-10-13(21-8-2-3-9-21)4-5-14(12)20-17(22)11-24-18(23)15-6-7-16(19)25-15/h4-7,10H,2-3,8-9,11H2,1H3,(H,20,22). The fraction of sp³-hybridized carbons (Fsp3) is 0.333. The highest BCUT2D eigenvalue weighted by Gasteiger charge is 2.15. The van der Waals surface area contributed by atoms with E-state index in [1.807, 2.05) is 19.1 Å². The summed E-state index contributed by atoms with van der Waals surface area (Å²) in [5, 5.41) is 2.80. The minimum Gasteiger partial charge on any atom is -0.451 e. The molecule has 1 fully saturated rings. The Bertz CT molecular complexity index is 784. The van der Waals surface area contributed by atoms with Crippen molar-refractivity contribution in [3.05, 3.63) is 44.6 Å². The molecule has 1 aliphatic heterocycles. The molecule has 0 aliphatic carbocycles. The third-order valence-corrected chi connectivity index (χ3v) is 5.67. The van der Waals surface area contributed by atoms with Crippen molar-refractivity contribution in [2.24, 2.45) is 0 Å².